The number of nitro benzene ring substituents is 2. The van der Waals surface area contributed by atoms with E-state index in [0.717, 1.165) is 10.5 Å². The van der Waals surface area contributed by atoms with Crippen LogP contribution in [0.1, 0.15) is 59.1 Å². The molecule has 53 heavy (non-hydrogen) atoms. The van der Waals surface area contributed by atoms with Gasteiger partial charge >= 0.3 is 12.2 Å². The second-order valence-electron chi connectivity index (χ2n) is 14.0. The molecule has 0 radical (unpaired) electrons. The average molecular weight is 735 g/mol. The number of alkyl carbamates (subject to hydrolysis) is 1. The molecule has 1 aliphatic heterocycles. The summed E-state index contributed by atoms with van der Waals surface area (Å²) in [6, 6.07) is 16.6. The summed E-state index contributed by atoms with van der Waals surface area (Å²) in [4.78, 5) is 62.7. The van der Waals surface area contributed by atoms with E-state index in [4.69, 9.17) is 24.4 Å². The number of guanidine groups is 1. The largest absolute Gasteiger partial charge is 0.493 e. The molecule has 1 atom stereocenters. The molecule has 0 aliphatic carbocycles. The summed E-state index contributed by atoms with van der Waals surface area (Å²) in [5, 5.41) is 33.2. The number of carbonyl (C=O) groups is 3. The molecule has 282 valence electrons. The fourth-order valence-electron chi connectivity index (χ4n) is 5.04. The van der Waals surface area contributed by atoms with Crippen LogP contribution in [0.2, 0.25) is 0 Å². The Bertz CT molecular complexity index is 1850. The Labute approximate surface area is 305 Å². The second-order valence-corrected chi connectivity index (χ2v) is 14.0. The van der Waals surface area contributed by atoms with Crippen molar-refractivity contribution >= 4 is 41.1 Å². The van der Waals surface area contributed by atoms with Gasteiger partial charge in [0.05, 0.1) is 34.8 Å². The van der Waals surface area contributed by atoms with Gasteiger partial charge < -0.3 is 23.8 Å². The third kappa shape index (κ3) is 11.4. The minimum atomic E-state index is -1.04. The number of amides is 3. The van der Waals surface area contributed by atoms with Crippen molar-refractivity contribution in [2.75, 3.05) is 18.1 Å². The minimum absolute atomic E-state index is 0.000881. The number of rotatable bonds is 11. The number of carbonyl (C=O) groups excluding carboxylic acids is 3. The van der Waals surface area contributed by atoms with Crippen LogP contribution in [0.15, 0.2) is 66.7 Å². The second kappa shape index (κ2) is 16.4. The normalized spacial score (nSPS) is 14.0. The molecule has 1 aliphatic rings. The van der Waals surface area contributed by atoms with Gasteiger partial charge in [0, 0.05) is 31.2 Å². The smallest absolute Gasteiger partial charge is 0.417 e. The Hall–Kier alpha value is -6.26. The summed E-state index contributed by atoms with van der Waals surface area (Å²) >= 11 is 0. The van der Waals surface area contributed by atoms with E-state index in [9.17, 15) is 34.6 Å². The Kier molecular flexibility index (Phi) is 12.2. The SMILES string of the molecule is CC(C)(C)OC(=O)NC(=N)N(CCc1ccc(OCCC2Oc3cc([N+](=O)[O-])ccc3N(Cc3ccc([N+](=O)[O-])cc3)C2=O)cc1)C(=O)OC(C)(C)C. The van der Waals surface area contributed by atoms with E-state index >= 15 is 0 Å². The van der Waals surface area contributed by atoms with E-state index in [1.807, 2.05) is 0 Å². The Morgan fingerprint density at radius 1 is 0.887 bits per heavy atom. The topological polar surface area (TPSA) is 217 Å². The van der Waals surface area contributed by atoms with E-state index in [1.54, 1.807) is 65.8 Å². The zero-order chi connectivity index (χ0) is 39.1. The zero-order valence-electron chi connectivity index (χ0n) is 30.2. The maximum absolute atomic E-state index is 13.6. The zero-order valence-corrected chi connectivity index (χ0v) is 30.2. The summed E-state index contributed by atoms with van der Waals surface area (Å²) < 4.78 is 22.5. The van der Waals surface area contributed by atoms with Gasteiger partial charge in [-0.05, 0) is 77.3 Å². The predicted octanol–water partition coefficient (Wildman–Crippen LogP) is 6.51. The monoisotopic (exact) mass is 734 g/mol. The van der Waals surface area contributed by atoms with Crippen molar-refractivity contribution < 1.29 is 43.2 Å². The van der Waals surface area contributed by atoms with Crippen LogP contribution in [-0.4, -0.2) is 69.3 Å². The fourth-order valence-corrected chi connectivity index (χ4v) is 5.04. The van der Waals surface area contributed by atoms with Gasteiger partial charge in [-0.15, -0.1) is 0 Å². The molecule has 17 heteroatoms. The molecule has 0 saturated carbocycles. The number of nitro groups is 2. The van der Waals surface area contributed by atoms with Crippen LogP contribution >= 0.6 is 0 Å². The molecule has 4 rings (SSSR count). The molecule has 3 aromatic carbocycles. The van der Waals surface area contributed by atoms with E-state index < -0.39 is 51.2 Å². The van der Waals surface area contributed by atoms with Crippen molar-refractivity contribution in [3.63, 3.8) is 0 Å². The van der Waals surface area contributed by atoms with Crippen molar-refractivity contribution in [3.05, 3.63) is 98.1 Å². The van der Waals surface area contributed by atoms with Crippen molar-refractivity contribution in [3.8, 4) is 11.5 Å². The highest BCUT2D eigenvalue weighted by atomic mass is 16.6. The first-order valence-corrected chi connectivity index (χ1v) is 16.6. The van der Waals surface area contributed by atoms with Gasteiger partial charge in [-0.3, -0.25) is 35.7 Å². The molecule has 2 N–H and O–H groups in total. The maximum atomic E-state index is 13.6. The summed E-state index contributed by atoms with van der Waals surface area (Å²) in [5.41, 5.74) is -0.257. The third-order valence-electron chi connectivity index (χ3n) is 7.44. The average Bonchev–Trinajstić information content (AvgIpc) is 3.05. The van der Waals surface area contributed by atoms with E-state index in [0.29, 0.717) is 23.4 Å². The predicted molar refractivity (Wildman–Crippen MR) is 192 cm³/mol. The highest BCUT2D eigenvalue weighted by Gasteiger charge is 2.35. The first-order valence-electron chi connectivity index (χ1n) is 16.6. The molecule has 1 heterocycles. The van der Waals surface area contributed by atoms with E-state index in [-0.39, 0.29) is 43.2 Å². The Balaban J connectivity index is 1.39. The van der Waals surface area contributed by atoms with Crippen LogP contribution < -0.4 is 19.7 Å². The molecule has 3 aromatic rings. The number of anilines is 1. The molecular weight excluding hydrogens is 692 g/mol. The van der Waals surface area contributed by atoms with Gasteiger partial charge in [0.25, 0.3) is 17.3 Å². The summed E-state index contributed by atoms with van der Waals surface area (Å²) in [7, 11) is 0. The van der Waals surface area contributed by atoms with Gasteiger partial charge in [-0.25, -0.2) is 14.5 Å². The molecule has 1 unspecified atom stereocenters. The minimum Gasteiger partial charge on any atom is -0.493 e. The quantitative estimate of drug-likeness (QED) is 0.0937. The van der Waals surface area contributed by atoms with Crippen LogP contribution in [0.3, 0.4) is 0 Å². The fraction of sp³-hybridized carbons (Fsp3) is 0.389. The number of ether oxygens (including phenoxy) is 4. The lowest BCUT2D eigenvalue weighted by Crippen LogP contribution is -2.50. The molecule has 0 spiro atoms. The van der Waals surface area contributed by atoms with Crippen LogP contribution in [0.25, 0.3) is 0 Å². The van der Waals surface area contributed by atoms with Crippen molar-refractivity contribution in [2.24, 2.45) is 0 Å². The Morgan fingerprint density at radius 2 is 1.47 bits per heavy atom. The molecule has 3 amide bonds. The highest BCUT2D eigenvalue weighted by molar-refractivity contribution is 6.00. The summed E-state index contributed by atoms with van der Waals surface area (Å²) in [6.45, 7) is 10.2. The standard InChI is InChI=1S/C36H42N6O11/c1-35(2,3)52-33(44)38-32(37)39(34(45)53-36(4,5)6)19-17-23-9-14-27(15-10-23)50-20-18-29-31(43)40(22-24-7-11-25(12-8-24)41(46)47)28-16-13-26(42(48)49)21-30(28)51-29/h7-16,21,29H,17-20,22H2,1-6H3,(H2,37,38,44). The summed E-state index contributed by atoms with van der Waals surface area (Å²) in [6.07, 6.45) is -2.36. The number of benzene rings is 3. The molecular formula is C36H42N6O11. The summed E-state index contributed by atoms with van der Waals surface area (Å²) in [5.74, 6) is -0.301. The first kappa shape index (κ1) is 39.5. The number of nitrogens with one attached hydrogen (secondary N) is 2. The third-order valence-corrected chi connectivity index (χ3v) is 7.44. The number of non-ortho nitro benzene ring substituents is 2. The molecule has 0 fully saturated rings. The van der Waals surface area contributed by atoms with Crippen LogP contribution in [-0.2, 0) is 27.2 Å². The molecule has 17 nitrogen and oxygen atoms in total. The molecule has 0 saturated heterocycles. The maximum Gasteiger partial charge on any atom is 0.417 e. The van der Waals surface area contributed by atoms with Crippen LogP contribution in [0, 0.1) is 25.6 Å². The van der Waals surface area contributed by atoms with Gasteiger partial charge in [0.1, 0.15) is 17.0 Å². The lowest BCUT2D eigenvalue weighted by molar-refractivity contribution is -0.385. The van der Waals surface area contributed by atoms with Crippen LogP contribution in [0.4, 0.5) is 26.7 Å². The molecule has 0 bridgehead atoms. The van der Waals surface area contributed by atoms with E-state index in [2.05, 4.69) is 5.32 Å². The number of nitrogens with zero attached hydrogens (tertiary/aromatic N) is 4. The van der Waals surface area contributed by atoms with E-state index in [1.165, 1.54) is 47.4 Å². The molecule has 0 aromatic heterocycles. The van der Waals surface area contributed by atoms with Gasteiger partial charge in [-0.2, -0.15) is 0 Å². The lowest BCUT2D eigenvalue weighted by Gasteiger charge is -2.34. The van der Waals surface area contributed by atoms with Crippen molar-refractivity contribution in [1.82, 2.24) is 10.2 Å². The first-order chi connectivity index (χ1) is 24.8. The van der Waals surface area contributed by atoms with Gasteiger partial charge in [-0.1, -0.05) is 24.3 Å². The van der Waals surface area contributed by atoms with Crippen LogP contribution in [0.5, 0.6) is 11.5 Å². The van der Waals surface area contributed by atoms with Gasteiger partial charge in [0.15, 0.2) is 11.9 Å². The Morgan fingerprint density at radius 3 is 2.06 bits per heavy atom. The number of hydrogen-bond acceptors (Lipinski definition) is 12. The van der Waals surface area contributed by atoms with Crippen molar-refractivity contribution in [2.45, 2.75) is 78.2 Å². The number of fused-ring (bicyclic) bond motifs is 1. The lowest BCUT2D eigenvalue weighted by atomic mass is 10.1. The number of hydrogen-bond donors (Lipinski definition) is 2. The van der Waals surface area contributed by atoms with Crippen molar-refractivity contribution in [1.29, 1.82) is 5.41 Å². The highest BCUT2D eigenvalue weighted by Crippen LogP contribution is 2.38. The van der Waals surface area contributed by atoms with Gasteiger partial charge in [0.2, 0.25) is 5.96 Å².